The van der Waals surface area contributed by atoms with Gasteiger partial charge in [0.2, 0.25) is 0 Å². The maximum atomic E-state index is 12.4. The lowest BCUT2D eigenvalue weighted by atomic mass is 10.1. The van der Waals surface area contributed by atoms with Gasteiger partial charge in [0, 0.05) is 23.4 Å². The summed E-state index contributed by atoms with van der Waals surface area (Å²) < 4.78 is 5.46. The van der Waals surface area contributed by atoms with E-state index in [0.717, 1.165) is 10.6 Å². The second-order valence-corrected chi connectivity index (χ2v) is 5.91. The number of hydrogen-bond acceptors (Lipinski definition) is 3. The van der Waals surface area contributed by atoms with Crippen molar-refractivity contribution in [3.05, 3.63) is 60.7 Å². The molecule has 4 heteroatoms. The highest BCUT2D eigenvalue weighted by atomic mass is 32.2. The Morgan fingerprint density at radius 2 is 1.67 bits per heavy atom. The molecule has 0 aromatic heterocycles. The predicted molar refractivity (Wildman–Crippen MR) is 87.7 cm³/mol. The summed E-state index contributed by atoms with van der Waals surface area (Å²) in [6.07, 6.45) is 0. The van der Waals surface area contributed by atoms with Crippen LogP contribution in [0.3, 0.4) is 0 Å². The largest absolute Gasteiger partial charge is 0.368 e. The summed E-state index contributed by atoms with van der Waals surface area (Å²) in [6, 6.07) is 19.4. The van der Waals surface area contributed by atoms with Gasteiger partial charge in [0.1, 0.15) is 0 Å². The lowest BCUT2D eigenvalue weighted by Crippen LogP contribution is -2.44. The van der Waals surface area contributed by atoms with Crippen molar-refractivity contribution >= 4 is 23.4 Å². The molecule has 1 N–H and O–H groups in total. The smallest absolute Gasteiger partial charge is 0.257 e. The van der Waals surface area contributed by atoms with Crippen LogP contribution in [0.1, 0.15) is 6.92 Å². The number of carbonyl (C=O) groups is 1. The lowest BCUT2D eigenvalue weighted by Gasteiger charge is -2.26. The summed E-state index contributed by atoms with van der Waals surface area (Å²) >= 11 is 1.61. The molecule has 110 valence electrons. The maximum Gasteiger partial charge on any atom is 0.257 e. The van der Waals surface area contributed by atoms with Crippen LogP contribution in [0.2, 0.25) is 0 Å². The number of nitrogens with one attached hydrogen (secondary N) is 1. The van der Waals surface area contributed by atoms with Crippen LogP contribution in [-0.4, -0.2) is 24.4 Å². The Kier molecular flexibility index (Phi) is 5.42. The Labute approximate surface area is 129 Å². The first-order chi connectivity index (χ1) is 10.1. The zero-order valence-corrected chi connectivity index (χ0v) is 13.0. The number of para-hydroxylation sites is 1. The van der Waals surface area contributed by atoms with E-state index in [1.165, 1.54) is 0 Å². The Balaban J connectivity index is 2.00. The van der Waals surface area contributed by atoms with Crippen LogP contribution in [0.4, 0.5) is 5.69 Å². The van der Waals surface area contributed by atoms with Gasteiger partial charge in [-0.2, -0.15) is 0 Å². The first-order valence-electron chi connectivity index (χ1n) is 6.73. The molecule has 1 atom stereocenters. The van der Waals surface area contributed by atoms with Gasteiger partial charge < -0.3 is 10.1 Å². The molecule has 2 aromatic carbocycles. The van der Waals surface area contributed by atoms with Crippen LogP contribution in [0, 0.1) is 0 Å². The fraction of sp³-hybridized carbons (Fsp3) is 0.235. The average Bonchev–Trinajstić information content (AvgIpc) is 2.54. The highest BCUT2D eigenvalue weighted by Gasteiger charge is 2.33. The van der Waals surface area contributed by atoms with E-state index in [-0.39, 0.29) is 5.91 Å². The van der Waals surface area contributed by atoms with E-state index in [0.29, 0.717) is 5.75 Å². The molecule has 3 nitrogen and oxygen atoms in total. The van der Waals surface area contributed by atoms with Crippen LogP contribution in [0.15, 0.2) is 65.6 Å². The molecule has 0 saturated carbocycles. The van der Waals surface area contributed by atoms with Gasteiger partial charge in [-0.1, -0.05) is 36.4 Å². The van der Waals surface area contributed by atoms with E-state index >= 15 is 0 Å². The van der Waals surface area contributed by atoms with E-state index in [4.69, 9.17) is 4.74 Å². The van der Waals surface area contributed by atoms with Gasteiger partial charge >= 0.3 is 0 Å². The summed E-state index contributed by atoms with van der Waals surface area (Å²) in [7, 11) is 1.57. The standard InChI is InChI=1S/C17H19NO2S/c1-17(20-2,13-21-15-11-7-4-8-12-15)16(19)18-14-9-5-3-6-10-14/h3-12H,13H2,1-2H3,(H,18,19). The van der Waals surface area contributed by atoms with E-state index in [1.807, 2.05) is 60.7 Å². The molecule has 0 radical (unpaired) electrons. The van der Waals surface area contributed by atoms with E-state index in [1.54, 1.807) is 25.8 Å². The monoisotopic (exact) mass is 301 g/mol. The molecule has 2 aromatic rings. The van der Waals surface area contributed by atoms with Crippen molar-refractivity contribution in [3.63, 3.8) is 0 Å². The third kappa shape index (κ3) is 4.34. The third-order valence-corrected chi connectivity index (χ3v) is 4.52. The number of amides is 1. The molecule has 0 spiro atoms. The van der Waals surface area contributed by atoms with Crippen molar-refractivity contribution in [3.8, 4) is 0 Å². The fourth-order valence-corrected chi connectivity index (χ4v) is 2.78. The zero-order valence-electron chi connectivity index (χ0n) is 12.2. The normalized spacial score (nSPS) is 13.4. The molecule has 1 unspecified atom stereocenters. The van der Waals surface area contributed by atoms with Gasteiger partial charge in [0.05, 0.1) is 0 Å². The molecule has 2 rings (SSSR count). The van der Waals surface area contributed by atoms with Crippen molar-refractivity contribution in [2.45, 2.75) is 17.4 Å². The molecule has 1 amide bonds. The first-order valence-corrected chi connectivity index (χ1v) is 7.72. The molecule has 0 fully saturated rings. The number of thioether (sulfide) groups is 1. The van der Waals surface area contributed by atoms with Crippen molar-refractivity contribution in [2.24, 2.45) is 0 Å². The highest BCUT2D eigenvalue weighted by molar-refractivity contribution is 7.99. The van der Waals surface area contributed by atoms with E-state index in [2.05, 4.69) is 5.32 Å². The van der Waals surface area contributed by atoms with Gasteiger partial charge in [-0.3, -0.25) is 4.79 Å². The maximum absolute atomic E-state index is 12.4. The number of carbonyl (C=O) groups excluding carboxylic acids is 1. The Hall–Kier alpha value is -1.78. The van der Waals surface area contributed by atoms with E-state index in [9.17, 15) is 4.79 Å². The van der Waals surface area contributed by atoms with Crippen molar-refractivity contribution in [2.75, 3.05) is 18.2 Å². The minimum Gasteiger partial charge on any atom is -0.368 e. The van der Waals surface area contributed by atoms with Crippen LogP contribution >= 0.6 is 11.8 Å². The quantitative estimate of drug-likeness (QED) is 0.824. The van der Waals surface area contributed by atoms with Gasteiger partial charge in [-0.05, 0) is 31.2 Å². The molecule has 0 saturated heterocycles. The fourth-order valence-electron chi connectivity index (χ4n) is 1.74. The highest BCUT2D eigenvalue weighted by Crippen LogP contribution is 2.25. The van der Waals surface area contributed by atoms with Crippen LogP contribution in [0.25, 0.3) is 0 Å². The SMILES string of the molecule is COC(C)(CSc1ccccc1)C(=O)Nc1ccccc1. The molecule has 0 bridgehead atoms. The van der Waals surface area contributed by atoms with Gasteiger partial charge in [0.15, 0.2) is 5.60 Å². The van der Waals surface area contributed by atoms with Crippen LogP contribution < -0.4 is 5.32 Å². The second-order valence-electron chi connectivity index (χ2n) is 4.86. The number of hydrogen-bond donors (Lipinski definition) is 1. The van der Waals surface area contributed by atoms with Crippen molar-refractivity contribution < 1.29 is 9.53 Å². The molecule has 0 aliphatic heterocycles. The summed E-state index contributed by atoms with van der Waals surface area (Å²) in [5, 5.41) is 2.89. The number of methoxy groups -OCH3 is 1. The molecule has 0 heterocycles. The average molecular weight is 301 g/mol. The molecule has 0 aliphatic carbocycles. The van der Waals surface area contributed by atoms with Gasteiger partial charge in [0.25, 0.3) is 5.91 Å². The Bertz CT molecular complexity index is 574. The number of rotatable bonds is 6. The van der Waals surface area contributed by atoms with Gasteiger partial charge in [-0.15, -0.1) is 11.8 Å². The summed E-state index contributed by atoms with van der Waals surface area (Å²) in [5.41, 5.74) is -0.105. The Morgan fingerprint density at radius 1 is 1.10 bits per heavy atom. The topological polar surface area (TPSA) is 38.3 Å². The van der Waals surface area contributed by atoms with Gasteiger partial charge in [-0.25, -0.2) is 0 Å². The number of benzene rings is 2. The number of anilines is 1. The molecular formula is C17H19NO2S. The predicted octanol–water partition coefficient (Wildman–Crippen LogP) is 3.82. The number of ether oxygens (including phenoxy) is 1. The summed E-state index contributed by atoms with van der Waals surface area (Å²) in [5.74, 6) is 0.409. The molecule has 21 heavy (non-hydrogen) atoms. The first kappa shape index (κ1) is 15.6. The summed E-state index contributed by atoms with van der Waals surface area (Å²) in [6.45, 7) is 1.81. The third-order valence-electron chi connectivity index (χ3n) is 3.22. The van der Waals surface area contributed by atoms with Crippen LogP contribution in [-0.2, 0) is 9.53 Å². The van der Waals surface area contributed by atoms with Crippen molar-refractivity contribution in [1.82, 2.24) is 0 Å². The van der Waals surface area contributed by atoms with E-state index < -0.39 is 5.60 Å². The van der Waals surface area contributed by atoms with Crippen LogP contribution in [0.5, 0.6) is 0 Å². The second kappa shape index (κ2) is 7.29. The minimum atomic E-state index is -0.879. The molecule has 0 aliphatic rings. The van der Waals surface area contributed by atoms with Crippen molar-refractivity contribution in [1.29, 1.82) is 0 Å². The molecular weight excluding hydrogens is 282 g/mol. The summed E-state index contributed by atoms with van der Waals surface area (Å²) in [4.78, 5) is 13.6. The Morgan fingerprint density at radius 3 is 2.24 bits per heavy atom. The minimum absolute atomic E-state index is 0.139. The zero-order chi connectivity index (χ0) is 15.1. The lowest BCUT2D eigenvalue weighted by molar-refractivity contribution is -0.133.